The molecule has 1 aliphatic carbocycles. The summed E-state index contributed by atoms with van der Waals surface area (Å²) in [6, 6.07) is 0. The van der Waals surface area contributed by atoms with Gasteiger partial charge >= 0.3 is 19.8 Å². The first-order chi connectivity index (χ1) is 28.7. The molecular weight excluding hydrogens is 793 g/mol. The Balaban J connectivity index is 1.73. The monoisotopic (exact) mass is 872 g/mol. The van der Waals surface area contributed by atoms with Gasteiger partial charge < -0.3 is 39.8 Å². The second-order valence-electron chi connectivity index (χ2n) is 16.5. The molecule has 14 nitrogen and oxygen atoms in total. The van der Waals surface area contributed by atoms with E-state index in [4.69, 9.17) is 28.7 Å². The van der Waals surface area contributed by atoms with E-state index < -0.39 is 69.2 Å². The number of aryl methyl sites for hydroxylation is 2. The summed E-state index contributed by atoms with van der Waals surface area (Å²) in [5.41, 5.74) is 7.89. The number of ether oxygens (including phenoxy) is 2. The lowest BCUT2D eigenvalue weighted by atomic mass is 9.87. The average Bonchev–Trinajstić information content (AvgIpc) is 3.63. The molecule has 2 rings (SSSR count). The van der Waals surface area contributed by atoms with Crippen molar-refractivity contribution in [1.29, 1.82) is 0 Å². The second kappa shape index (κ2) is 30.6. The fourth-order valence-corrected chi connectivity index (χ4v) is 8.34. The van der Waals surface area contributed by atoms with Gasteiger partial charge in [0.2, 0.25) is 0 Å². The molecule has 1 heterocycles. The quantitative estimate of drug-likeness (QED) is 0.0190. The van der Waals surface area contributed by atoms with Crippen LogP contribution in [0.1, 0.15) is 165 Å². The summed E-state index contributed by atoms with van der Waals surface area (Å²) < 4.78 is 39.0. The molecule has 346 valence electrons. The first-order valence-electron chi connectivity index (χ1n) is 22.7. The van der Waals surface area contributed by atoms with Gasteiger partial charge in [-0.25, -0.2) is 4.57 Å². The molecule has 0 bridgehead atoms. The zero-order valence-electron chi connectivity index (χ0n) is 37.0. The van der Waals surface area contributed by atoms with Crippen LogP contribution in [-0.4, -0.2) is 88.7 Å². The molecule has 7 atom stereocenters. The highest BCUT2D eigenvalue weighted by atomic mass is 31.2. The van der Waals surface area contributed by atoms with Crippen LogP contribution in [-0.2, 0) is 50.3 Å². The Labute approximate surface area is 358 Å². The number of carbonyl (C=O) groups excluding carboxylic acids is 3. The summed E-state index contributed by atoms with van der Waals surface area (Å²) in [6.45, 7) is 7.39. The van der Waals surface area contributed by atoms with Gasteiger partial charge in [0, 0.05) is 63.3 Å². The highest BCUT2D eigenvalue weighted by Crippen LogP contribution is 2.43. The molecule has 0 aliphatic heterocycles. The van der Waals surface area contributed by atoms with Gasteiger partial charge in [0.05, 0.1) is 31.5 Å². The van der Waals surface area contributed by atoms with Crippen molar-refractivity contribution in [2.24, 2.45) is 17.6 Å². The molecule has 1 fully saturated rings. The minimum Gasteiger partial charge on any atom is -0.466 e. The van der Waals surface area contributed by atoms with Gasteiger partial charge in [-0.05, 0) is 63.5 Å². The molecule has 1 saturated carbocycles. The lowest BCUT2D eigenvalue weighted by Crippen LogP contribution is -2.29. The number of carbonyl (C=O) groups is 3. The third-order valence-electron chi connectivity index (χ3n) is 11.3. The number of hydrogen-bond acceptors (Lipinski definition) is 13. The van der Waals surface area contributed by atoms with E-state index in [-0.39, 0.29) is 51.0 Å². The Bertz CT molecular complexity index is 1450. The maximum atomic E-state index is 12.8. The third-order valence-corrected chi connectivity index (χ3v) is 12.3. The summed E-state index contributed by atoms with van der Waals surface area (Å²) in [5.74, 6) is 0.0723. The number of unbranched alkanes of at least 4 members (excludes halogenated alkanes) is 10. The van der Waals surface area contributed by atoms with Gasteiger partial charge in [0.25, 0.3) is 0 Å². The Morgan fingerprint density at radius 2 is 1.38 bits per heavy atom. The van der Waals surface area contributed by atoms with Crippen LogP contribution in [0, 0.1) is 25.7 Å². The molecule has 0 amide bonds. The molecule has 0 spiro atoms. The number of rotatable bonds is 35. The Morgan fingerprint density at radius 1 is 0.800 bits per heavy atom. The number of phosphoric acid groups is 1. The van der Waals surface area contributed by atoms with Gasteiger partial charge in [0.1, 0.15) is 23.9 Å². The summed E-state index contributed by atoms with van der Waals surface area (Å²) in [7, 11) is -4.49. The van der Waals surface area contributed by atoms with Crippen LogP contribution in [0.5, 0.6) is 0 Å². The molecule has 0 aromatic carbocycles. The van der Waals surface area contributed by atoms with Crippen molar-refractivity contribution in [2.45, 2.75) is 193 Å². The summed E-state index contributed by atoms with van der Waals surface area (Å²) in [5, 5.41) is 31.3. The highest BCUT2D eigenvalue weighted by Gasteiger charge is 2.41. The predicted octanol–water partition coefficient (Wildman–Crippen LogP) is 7.82. The van der Waals surface area contributed by atoms with E-state index in [1.54, 1.807) is 12.2 Å². The number of aliphatic hydroxyl groups excluding tert-OH is 3. The van der Waals surface area contributed by atoms with Crippen molar-refractivity contribution in [3.8, 4) is 0 Å². The van der Waals surface area contributed by atoms with Crippen LogP contribution in [0.15, 0.2) is 16.6 Å². The molecule has 1 aromatic rings. The lowest BCUT2D eigenvalue weighted by molar-refractivity contribution is -0.161. The molecule has 15 heteroatoms. The van der Waals surface area contributed by atoms with E-state index in [0.717, 1.165) is 82.1 Å². The molecule has 6 N–H and O–H groups in total. The number of nitrogens with two attached hydrogens (primary N) is 1. The van der Waals surface area contributed by atoms with Gasteiger partial charge in [-0.3, -0.25) is 23.4 Å². The van der Waals surface area contributed by atoms with Crippen LogP contribution in [0.2, 0.25) is 0 Å². The maximum Gasteiger partial charge on any atom is 0.472 e. The van der Waals surface area contributed by atoms with Crippen molar-refractivity contribution in [2.75, 3.05) is 26.4 Å². The molecule has 1 aromatic heterocycles. The topological polar surface area (TPSA) is 225 Å². The van der Waals surface area contributed by atoms with Crippen molar-refractivity contribution in [3.05, 3.63) is 34.8 Å². The van der Waals surface area contributed by atoms with Crippen LogP contribution in [0.3, 0.4) is 0 Å². The van der Waals surface area contributed by atoms with Crippen LogP contribution >= 0.6 is 7.82 Å². The van der Waals surface area contributed by atoms with E-state index in [1.807, 2.05) is 0 Å². The average molecular weight is 872 g/mol. The fraction of sp³-hybridized carbons (Fsp3) is 0.800. The molecular formula is C45H78NO13P. The predicted molar refractivity (Wildman–Crippen MR) is 230 cm³/mol. The van der Waals surface area contributed by atoms with E-state index in [9.17, 15) is 39.2 Å². The van der Waals surface area contributed by atoms with Gasteiger partial charge in [-0.1, -0.05) is 83.8 Å². The minimum atomic E-state index is -4.49. The van der Waals surface area contributed by atoms with E-state index in [0.29, 0.717) is 25.7 Å². The smallest absolute Gasteiger partial charge is 0.466 e. The summed E-state index contributed by atoms with van der Waals surface area (Å²) >= 11 is 0. The van der Waals surface area contributed by atoms with Gasteiger partial charge in [-0.15, -0.1) is 0 Å². The van der Waals surface area contributed by atoms with Crippen LogP contribution in [0.4, 0.5) is 0 Å². The van der Waals surface area contributed by atoms with E-state index in [1.165, 1.54) is 24.0 Å². The summed E-state index contributed by atoms with van der Waals surface area (Å²) in [6.07, 6.45) is 15.8. The van der Waals surface area contributed by atoms with Crippen molar-refractivity contribution in [3.63, 3.8) is 0 Å². The first kappa shape index (κ1) is 53.7. The number of furan rings is 1. The standard InChI is InChI=1S/C45H78NO13P/c1-5-7-13-19-35(47)25-26-38-39(41(50)30-40(38)49)29-36(48)20-17-18-23-44(51)55-31-37(32-57-60(53,54)56-28-27-46)58-45(52)24-16-12-10-9-11-15-22-43-34(4)33(3)42(59-43)21-14-8-6-2/h25-26,35,37-41,47,49-50H,5-24,27-32,46H2,1-4H3,(H,53,54)/b26-25+/t35-,37+,38+,39+,40+,41-/m0/s1. The van der Waals surface area contributed by atoms with Crippen molar-refractivity contribution < 1.29 is 62.1 Å². The van der Waals surface area contributed by atoms with Crippen LogP contribution < -0.4 is 5.73 Å². The largest absolute Gasteiger partial charge is 0.472 e. The lowest BCUT2D eigenvalue weighted by Gasteiger charge is -2.20. The van der Waals surface area contributed by atoms with Crippen molar-refractivity contribution in [1.82, 2.24) is 0 Å². The van der Waals surface area contributed by atoms with Crippen LogP contribution in [0.25, 0.3) is 0 Å². The number of hydrogen-bond donors (Lipinski definition) is 5. The normalized spacial score (nSPS) is 20.0. The maximum absolute atomic E-state index is 12.8. The minimum absolute atomic E-state index is 0.00724. The highest BCUT2D eigenvalue weighted by molar-refractivity contribution is 7.47. The number of ketones is 1. The number of phosphoric ester groups is 1. The van der Waals surface area contributed by atoms with Crippen molar-refractivity contribution >= 4 is 25.5 Å². The SMILES string of the molecule is CCCCCc1oc(CCCCCCCCC(=O)O[C@H](COC(=O)CCCCC(=O)C[C@@H]2[C@@H](/C=C/[C@@H](O)CCCCC)[C@H](O)C[C@@H]2O)COP(=O)(O)OCCN)c(C)c1C. The number of esters is 2. The van der Waals surface area contributed by atoms with Gasteiger partial charge in [0.15, 0.2) is 6.10 Å². The van der Waals surface area contributed by atoms with E-state index >= 15 is 0 Å². The Kier molecular flexibility index (Phi) is 27.4. The molecule has 1 aliphatic rings. The number of Topliss-reactive ketones (excluding diaryl/α,β-unsaturated/α-hetero) is 1. The number of aliphatic hydroxyl groups is 3. The van der Waals surface area contributed by atoms with Gasteiger partial charge in [-0.2, -0.15) is 0 Å². The Morgan fingerprint density at radius 3 is 2.05 bits per heavy atom. The molecule has 60 heavy (non-hydrogen) atoms. The summed E-state index contributed by atoms with van der Waals surface area (Å²) in [4.78, 5) is 48.1. The zero-order chi connectivity index (χ0) is 44.3. The fourth-order valence-electron chi connectivity index (χ4n) is 7.57. The molecule has 0 radical (unpaired) electrons. The molecule has 0 saturated heterocycles. The Hall–Kier alpha value is -2.42. The zero-order valence-corrected chi connectivity index (χ0v) is 37.9. The molecule has 1 unspecified atom stereocenters. The first-order valence-corrected chi connectivity index (χ1v) is 24.2. The second-order valence-corrected chi connectivity index (χ2v) is 17.9. The third kappa shape index (κ3) is 22.1. The van der Waals surface area contributed by atoms with E-state index in [2.05, 4.69) is 27.7 Å².